The Morgan fingerprint density at radius 1 is 1.10 bits per heavy atom. The third kappa shape index (κ3) is 4.49. The second kappa shape index (κ2) is 8.51. The third-order valence-corrected chi connectivity index (χ3v) is 7.94. The minimum atomic E-state index is -0.438. The Kier molecular flexibility index (Phi) is 5.74. The highest BCUT2D eigenvalue weighted by atomic mass is 35.5. The van der Waals surface area contributed by atoms with Crippen LogP contribution in [0.4, 0.5) is 4.39 Å². The molecule has 6 heteroatoms. The van der Waals surface area contributed by atoms with Crippen molar-refractivity contribution >= 4 is 23.2 Å². The molecular weight excluding hydrogens is 413 g/mol. The van der Waals surface area contributed by atoms with Crippen molar-refractivity contribution in [3.8, 4) is 0 Å². The van der Waals surface area contributed by atoms with Gasteiger partial charge in [-0.25, -0.2) is 4.39 Å². The van der Waals surface area contributed by atoms with Gasteiger partial charge in [0.1, 0.15) is 11.9 Å². The molecule has 2 saturated carbocycles. The van der Waals surface area contributed by atoms with E-state index in [2.05, 4.69) is 17.1 Å². The second-order valence-electron chi connectivity index (χ2n) is 9.73. The molecule has 0 aromatic heterocycles. The van der Waals surface area contributed by atoms with Crippen molar-refractivity contribution in [2.75, 3.05) is 19.6 Å². The summed E-state index contributed by atoms with van der Waals surface area (Å²) >= 11 is 6.05. The molecule has 4 nitrogen and oxygen atoms in total. The lowest BCUT2D eigenvalue weighted by atomic mass is 9.93. The maximum absolute atomic E-state index is 13.4. The quantitative estimate of drug-likeness (QED) is 0.356. The molecule has 5 rings (SSSR count). The predicted molar refractivity (Wildman–Crippen MR) is 121 cm³/mol. The summed E-state index contributed by atoms with van der Waals surface area (Å²) in [6, 6.07) is 3.93. The van der Waals surface area contributed by atoms with Gasteiger partial charge in [-0.1, -0.05) is 23.8 Å². The van der Waals surface area contributed by atoms with Crippen molar-refractivity contribution in [2.24, 2.45) is 29.6 Å². The average molecular weight is 442 g/mol. The highest BCUT2D eigenvalue weighted by Gasteiger charge is 2.44. The van der Waals surface area contributed by atoms with Crippen LogP contribution in [0.2, 0.25) is 5.02 Å². The van der Waals surface area contributed by atoms with Crippen LogP contribution in [0.3, 0.4) is 0 Å². The molecule has 0 radical (unpaired) electrons. The topological polar surface area (TPSA) is 60.2 Å². The standard InChI is InChI=1S/C25H29ClFN3O/c26-23-4-3-20(27)11-22(23)24(28)5-6-25(29)31-21-9-18-13-30(14-19(18)10-21)12-17-8-15-1-2-16(17)7-15/h1-6,11,15-19,21,28-29H,7-10,12-14H2/b6-5-,28-24?,29-25?/t15?,16?,17?,18-,19+,21?. The average Bonchev–Trinajstić information content (AvgIpc) is 3.49. The molecule has 1 aromatic rings. The van der Waals surface area contributed by atoms with Gasteiger partial charge in [0.05, 0.1) is 10.7 Å². The van der Waals surface area contributed by atoms with E-state index in [9.17, 15) is 4.39 Å². The Morgan fingerprint density at radius 3 is 2.55 bits per heavy atom. The summed E-state index contributed by atoms with van der Waals surface area (Å²) in [6.45, 7) is 3.56. The number of benzene rings is 1. The van der Waals surface area contributed by atoms with Crippen molar-refractivity contribution < 1.29 is 9.13 Å². The largest absolute Gasteiger partial charge is 0.475 e. The molecular formula is C25H29ClFN3O. The Labute approximate surface area is 188 Å². The van der Waals surface area contributed by atoms with Gasteiger partial charge in [-0.05, 0) is 79.5 Å². The zero-order valence-corrected chi connectivity index (χ0v) is 18.3. The first-order chi connectivity index (χ1) is 14.9. The van der Waals surface area contributed by atoms with Crippen molar-refractivity contribution in [3.63, 3.8) is 0 Å². The number of likely N-dealkylation sites (tertiary alicyclic amines) is 1. The molecule has 164 valence electrons. The third-order valence-electron chi connectivity index (χ3n) is 7.61. The zero-order chi connectivity index (χ0) is 21.5. The lowest BCUT2D eigenvalue weighted by Crippen LogP contribution is -2.31. The molecule has 4 unspecified atom stereocenters. The number of rotatable bonds is 6. The van der Waals surface area contributed by atoms with Crippen molar-refractivity contribution in [1.29, 1.82) is 10.8 Å². The number of allylic oxidation sites excluding steroid dienone is 3. The second-order valence-corrected chi connectivity index (χ2v) is 10.1. The summed E-state index contributed by atoms with van der Waals surface area (Å²) in [7, 11) is 0. The lowest BCUT2D eigenvalue weighted by Gasteiger charge is -2.26. The number of ether oxygens (including phenoxy) is 1. The van der Waals surface area contributed by atoms with E-state index in [1.54, 1.807) is 0 Å². The van der Waals surface area contributed by atoms with Crippen molar-refractivity contribution in [2.45, 2.75) is 31.8 Å². The van der Waals surface area contributed by atoms with Crippen LogP contribution in [0.1, 0.15) is 31.2 Å². The van der Waals surface area contributed by atoms with E-state index in [1.807, 2.05) is 0 Å². The summed E-state index contributed by atoms with van der Waals surface area (Å²) in [5.41, 5.74) is 0.374. The van der Waals surface area contributed by atoms with Gasteiger partial charge in [-0.2, -0.15) is 0 Å². The minimum Gasteiger partial charge on any atom is -0.475 e. The van der Waals surface area contributed by atoms with Crippen LogP contribution >= 0.6 is 11.6 Å². The van der Waals surface area contributed by atoms with E-state index in [4.69, 9.17) is 27.2 Å². The van der Waals surface area contributed by atoms with Crippen LogP contribution in [0.5, 0.6) is 0 Å². The van der Waals surface area contributed by atoms with Gasteiger partial charge in [-0.3, -0.25) is 5.41 Å². The number of halogens is 2. The lowest BCUT2D eigenvalue weighted by molar-refractivity contribution is 0.167. The molecule has 3 fully saturated rings. The fourth-order valence-corrected chi connectivity index (χ4v) is 6.41. The Hall–Kier alpha value is -1.98. The highest BCUT2D eigenvalue weighted by Crippen LogP contribution is 2.45. The van der Waals surface area contributed by atoms with E-state index in [1.165, 1.54) is 49.7 Å². The molecule has 0 amide bonds. The maximum atomic E-state index is 13.4. The fraction of sp³-hybridized carbons (Fsp3) is 0.520. The predicted octanol–water partition coefficient (Wildman–Crippen LogP) is 5.32. The van der Waals surface area contributed by atoms with Crippen LogP contribution in [-0.2, 0) is 4.74 Å². The zero-order valence-electron chi connectivity index (χ0n) is 17.6. The van der Waals surface area contributed by atoms with E-state index in [0.29, 0.717) is 22.4 Å². The first-order valence-electron chi connectivity index (χ1n) is 11.3. The first-order valence-corrected chi connectivity index (χ1v) is 11.7. The molecule has 2 N–H and O–H groups in total. The normalized spacial score (nSPS) is 34.0. The van der Waals surface area contributed by atoms with Gasteiger partial charge < -0.3 is 15.0 Å². The molecule has 1 aliphatic heterocycles. The van der Waals surface area contributed by atoms with E-state index in [-0.39, 0.29) is 17.7 Å². The molecule has 3 aliphatic carbocycles. The number of hydrogen-bond donors (Lipinski definition) is 2. The number of hydrogen-bond acceptors (Lipinski definition) is 4. The fourth-order valence-electron chi connectivity index (χ4n) is 6.19. The number of nitrogens with one attached hydrogen (secondary N) is 2. The van der Waals surface area contributed by atoms with Crippen LogP contribution in [0.15, 0.2) is 42.5 Å². The summed E-state index contributed by atoms with van der Waals surface area (Å²) in [6.07, 6.45) is 12.6. The van der Waals surface area contributed by atoms with Gasteiger partial charge >= 0.3 is 0 Å². The Bertz CT molecular complexity index is 931. The van der Waals surface area contributed by atoms with E-state index < -0.39 is 5.82 Å². The van der Waals surface area contributed by atoms with Crippen LogP contribution in [0.25, 0.3) is 0 Å². The smallest absolute Gasteiger partial charge is 0.206 e. The van der Waals surface area contributed by atoms with Gasteiger partial charge in [0.25, 0.3) is 0 Å². The molecule has 6 atom stereocenters. The van der Waals surface area contributed by atoms with Crippen LogP contribution in [-0.4, -0.2) is 42.2 Å². The molecule has 0 spiro atoms. The van der Waals surface area contributed by atoms with Crippen molar-refractivity contribution in [3.05, 3.63) is 58.9 Å². The molecule has 4 aliphatic rings. The summed E-state index contributed by atoms with van der Waals surface area (Å²) < 4.78 is 19.3. The van der Waals surface area contributed by atoms with Crippen LogP contribution in [0, 0.1) is 46.2 Å². The van der Waals surface area contributed by atoms with Gasteiger partial charge in [0.2, 0.25) is 5.90 Å². The van der Waals surface area contributed by atoms with Crippen LogP contribution < -0.4 is 0 Å². The molecule has 1 saturated heterocycles. The summed E-state index contributed by atoms with van der Waals surface area (Å²) in [5.74, 6) is 3.45. The van der Waals surface area contributed by atoms with E-state index >= 15 is 0 Å². The Balaban J connectivity index is 1.08. The number of fused-ring (bicyclic) bond motifs is 3. The molecule has 2 bridgehead atoms. The summed E-state index contributed by atoms with van der Waals surface area (Å²) in [5, 5.41) is 16.5. The Morgan fingerprint density at radius 2 is 1.87 bits per heavy atom. The monoisotopic (exact) mass is 441 g/mol. The van der Waals surface area contributed by atoms with Crippen molar-refractivity contribution in [1.82, 2.24) is 4.90 Å². The van der Waals surface area contributed by atoms with Gasteiger partial charge in [0, 0.05) is 31.3 Å². The SMILES string of the molecule is N=C(/C=C\C(=N)c1cc(F)ccc1Cl)OC1C[C@@H]2CN(CC3CC4C=CC3C4)C[C@@H]2C1. The first kappa shape index (κ1) is 20.9. The molecule has 31 heavy (non-hydrogen) atoms. The molecule has 1 heterocycles. The highest BCUT2D eigenvalue weighted by molar-refractivity contribution is 6.34. The summed E-state index contributed by atoms with van der Waals surface area (Å²) in [4.78, 5) is 2.67. The number of nitrogens with zero attached hydrogens (tertiary/aromatic N) is 1. The molecule has 1 aromatic carbocycles. The van der Waals surface area contributed by atoms with Gasteiger partial charge in [-0.15, -0.1) is 0 Å². The minimum absolute atomic E-state index is 0.0490. The van der Waals surface area contributed by atoms with E-state index in [0.717, 1.165) is 43.7 Å². The maximum Gasteiger partial charge on any atom is 0.206 e. The van der Waals surface area contributed by atoms with Gasteiger partial charge in [0.15, 0.2) is 0 Å².